The predicted octanol–water partition coefficient (Wildman–Crippen LogP) is 1.06. The Morgan fingerprint density at radius 2 is 2.31 bits per heavy atom. The van der Waals surface area contributed by atoms with Crippen molar-refractivity contribution in [2.75, 3.05) is 17.0 Å². The van der Waals surface area contributed by atoms with Crippen molar-refractivity contribution < 1.29 is 9.90 Å². The standard InChI is InChI=1S/C8H9N3O2/c12-8(13)10-11-5-9-6-3-1-2-4-7(6)11/h1-4,9-10H,5H2,(H,12,13). The zero-order chi connectivity index (χ0) is 9.26. The third-order valence-electron chi connectivity index (χ3n) is 1.85. The molecule has 0 fully saturated rings. The number of rotatable bonds is 1. The van der Waals surface area contributed by atoms with Gasteiger partial charge < -0.3 is 10.4 Å². The van der Waals surface area contributed by atoms with Gasteiger partial charge in [-0.15, -0.1) is 0 Å². The lowest BCUT2D eigenvalue weighted by Crippen LogP contribution is -2.41. The van der Waals surface area contributed by atoms with Crippen LogP contribution < -0.4 is 15.8 Å². The van der Waals surface area contributed by atoms with Crippen molar-refractivity contribution in [2.45, 2.75) is 0 Å². The van der Waals surface area contributed by atoms with Gasteiger partial charge in [0.05, 0.1) is 11.4 Å². The van der Waals surface area contributed by atoms with E-state index in [-0.39, 0.29) is 0 Å². The van der Waals surface area contributed by atoms with E-state index in [1.165, 1.54) is 5.01 Å². The van der Waals surface area contributed by atoms with Crippen LogP contribution in [0, 0.1) is 0 Å². The number of hydrazine groups is 1. The van der Waals surface area contributed by atoms with E-state index in [2.05, 4.69) is 10.7 Å². The minimum Gasteiger partial charge on any atom is -0.464 e. The summed E-state index contributed by atoms with van der Waals surface area (Å²) in [6.45, 7) is 0.464. The molecular weight excluding hydrogens is 170 g/mol. The maximum Gasteiger partial charge on any atom is 0.423 e. The maximum atomic E-state index is 10.4. The summed E-state index contributed by atoms with van der Waals surface area (Å²) < 4.78 is 0. The molecule has 0 aromatic heterocycles. The molecule has 0 saturated carbocycles. The molecule has 13 heavy (non-hydrogen) atoms. The van der Waals surface area contributed by atoms with Gasteiger partial charge in [0.2, 0.25) is 0 Å². The highest BCUT2D eigenvalue weighted by Crippen LogP contribution is 2.28. The first kappa shape index (κ1) is 7.72. The number of amides is 1. The van der Waals surface area contributed by atoms with Crippen LogP contribution in [0.1, 0.15) is 0 Å². The molecule has 3 N–H and O–H groups in total. The van der Waals surface area contributed by atoms with Crippen LogP contribution in [-0.4, -0.2) is 17.9 Å². The number of carboxylic acid groups (broad SMARTS) is 1. The van der Waals surface area contributed by atoms with Crippen molar-refractivity contribution in [3.8, 4) is 0 Å². The van der Waals surface area contributed by atoms with Gasteiger partial charge in [0.1, 0.15) is 6.67 Å². The second-order valence-corrected chi connectivity index (χ2v) is 2.70. The first-order valence-corrected chi connectivity index (χ1v) is 3.87. The van der Waals surface area contributed by atoms with Gasteiger partial charge in [-0.3, -0.25) is 5.01 Å². The van der Waals surface area contributed by atoms with Gasteiger partial charge in [-0.25, -0.2) is 10.2 Å². The zero-order valence-electron chi connectivity index (χ0n) is 6.82. The molecule has 1 heterocycles. The highest BCUT2D eigenvalue weighted by Gasteiger charge is 2.18. The first-order valence-electron chi connectivity index (χ1n) is 3.87. The number of hydrogen-bond donors (Lipinski definition) is 3. The van der Waals surface area contributed by atoms with E-state index in [0.29, 0.717) is 6.67 Å². The van der Waals surface area contributed by atoms with Crippen molar-refractivity contribution in [2.24, 2.45) is 0 Å². The number of carbonyl (C=O) groups is 1. The summed E-state index contributed by atoms with van der Waals surface area (Å²) in [7, 11) is 0. The van der Waals surface area contributed by atoms with Crippen molar-refractivity contribution in [3.05, 3.63) is 24.3 Å². The second kappa shape index (κ2) is 2.85. The molecule has 68 valence electrons. The van der Waals surface area contributed by atoms with Crippen molar-refractivity contribution in [1.82, 2.24) is 5.43 Å². The van der Waals surface area contributed by atoms with E-state index in [1.807, 2.05) is 24.3 Å². The molecule has 1 aliphatic heterocycles. The van der Waals surface area contributed by atoms with E-state index in [4.69, 9.17) is 5.11 Å². The van der Waals surface area contributed by atoms with Gasteiger partial charge in [-0.2, -0.15) is 0 Å². The fourth-order valence-corrected chi connectivity index (χ4v) is 1.32. The van der Waals surface area contributed by atoms with Crippen LogP contribution in [0.2, 0.25) is 0 Å². The molecule has 5 nitrogen and oxygen atoms in total. The van der Waals surface area contributed by atoms with Crippen LogP contribution in [0.25, 0.3) is 0 Å². The summed E-state index contributed by atoms with van der Waals surface area (Å²) in [4.78, 5) is 10.4. The number of nitrogens with zero attached hydrogens (tertiary/aromatic N) is 1. The monoisotopic (exact) mass is 179 g/mol. The Labute approximate surface area is 74.9 Å². The van der Waals surface area contributed by atoms with Crippen LogP contribution in [-0.2, 0) is 0 Å². The summed E-state index contributed by atoms with van der Waals surface area (Å²) >= 11 is 0. The van der Waals surface area contributed by atoms with Crippen LogP contribution in [0.15, 0.2) is 24.3 Å². The van der Waals surface area contributed by atoms with Gasteiger partial charge in [0, 0.05) is 0 Å². The van der Waals surface area contributed by atoms with Gasteiger partial charge in [0.15, 0.2) is 0 Å². The average molecular weight is 179 g/mol. The smallest absolute Gasteiger partial charge is 0.423 e. The van der Waals surface area contributed by atoms with Crippen LogP contribution in [0.3, 0.4) is 0 Å². The van der Waals surface area contributed by atoms with Crippen LogP contribution >= 0.6 is 0 Å². The van der Waals surface area contributed by atoms with Gasteiger partial charge in [-0.1, -0.05) is 12.1 Å². The Balaban J connectivity index is 2.23. The van der Waals surface area contributed by atoms with Gasteiger partial charge in [-0.05, 0) is 12.1 Å². The Kier molecular flexibility index (Phi) is 1.70. The number of benzene rings is 1. The Morgan fingerprint density at radius 3 is 3.08 bits per heavy atom. The van der Waals surface area contributed by atoms with Crippen molar-refractivity contribution in [1.29, 1.82) is 0 Å². The Bertz CT molecular complexity index is 340. The highest BCUT2D eigenvalue weighted by molar-refractivity contribution is 5.77. The molecule has 2 rings (SSSR count). The molecule has 0 unspecified atom stereocenters. The normalized spacial score (nSPS) is 13.4. The van der Waals surface area contributed by atoms with Crippen molar-refractivity contribution >= 4 is 17.5 Å². The highest BCUT2D eigenvalue weighted by atomic mass is 16.4. The summed E-state index contributed by atoms with van der Waals surface area (Å²) in [6.07, 6.45) is -1.06. The van der Waals surface area contributed by atoms with E-state index in [1.54, 1.807) is 0 Å². The predicted molar refractivity (Wildman–Crippen MR) is 48.6 cm³/mol. The Hall–Kier alpha value is -1.91. The topological polar surface area (TPSA) is 64.6 Å². The van der Waals surface area contributed by atoms with Crippen LogP contribution in [0.4, 0.5) is 16.2 Å². The summed E-state index contributed by atoms with van der Waals surface area (Å²) in [5.74, 6) is 0. The fraction of sp³-hybridized carbons (Fsp3) is 0.125. The number of anilines is 2. The molecule has 0 spiro atoms. The Morgan fingerprint density at radius 1 is 1.54 bits per heavy atom. The third kappa shape index (κ3) is 1.35. The molecule has 0 atom stereocenters. The molecule has 0 saturated heterocycles. The third-order valence-corrected chi connectivity index (χ3v) is 1.85. The van der Waals surface area contributed by atoms with E-state index in [9.17, 15) is 4.79 Å². The summed E-state index contributed by atoms with van der Waals surface area (Å²) in [5.41, 5.74) is 4.08. The van der Waals surface area contributed by atoms with Crippen LogP contribution in [0.5, 0.6) is 0 Å². The van der Waals surface area contributed by atoms with Crippen molar-refractivity contribution in [3.63, 3.8) is 0 Å². The largest absolute Gasteiger partial charge is 0.464 e. The SMILES string of the molecule is O=C(O)NN1CNc2ccccc21. The lowest BCUT2D eigenvalue weighted by Gasteiger charge is -2.15. The molecule has 1 amide bonds. The van der Waals surface area contributed by atoms with Gasteiger partial charge in [0.25, 0.3) is 0 Å². The first-order chi connectivity index (χ1) is 6.27. The minimum absolute atomic E-state index is 0.464. The minimum atomic E-state index is -1.06. The lowest BCUT2D eigenvalue weighted by atomic mass is 10.3. The number of para-hydroxylation sites is 2. The summed E-state index contributed by atoms with van der Waals surface area (Å²) in [6, 6.07) is 7.52. The molecule has 1 aliphatic rings. The average Bonchev–Trinajstić information content (AvgIpc) is 2.48. The van der Waals surface area contributed by atoms with E-state index < -0.39 is 6.09 Å². The second-order valence-electron chi connectivity index (χ2n) is 2.70. The quantitative estimate of drug-likeness (QED) is 0.603. The molecule has 1 aromatic rings. The molecular formula is C8H9N3O2. The number of fused-ring (bicyclic) bond motifs is 1. The summed E-state index contributed by atoms with van der Waals surface area (Å²) in [5, 5.41) is 13.1. The lowest BCUT2D eigenvalue weighted by molar-refractivity contribution is 0.193. The fourth-order valence-electron chi connectivity index (χ4n) is 1.32. The molecule has 0 aliphatic carbocycles. The molecule has 0 bridgehead atoms. The molecule has 0 radical (unpaired) electrons. The van der Waals surface area contributed by atoms with E-state index >= 15 is 0 Å². The van der Waals surface area contributed by atoms with Gasteiger partial charge >= 0.3 is 6.09 Å². The maximum absolute atomic E-state index is 10.4. The number of nitrogens with one attached hydrogen (secondary N) is 2. The molecule has 1 aromatic carbocycles. The number of hydrogen-bond acceptors (Lipinski definition) is 3. The molecule has 5 heteroatoms. The zero-order valence-corrected chi connectivity index (χ0v) is 6.82. The van der Waals surface area contributed by atoms with E-state index in [0.717, 1.165) is 11.4 Å².